The van der Waals surface area contributed by atoms with E-state index in [1.54, 1.807) is 24.5 Å². The Bertz CT molecular complexity index is 980. The highest BCUT2D eigenvalue weighted by Crippen LogP contribution is 2.16. The van der Waals surface area contributed by atoms with Crippen LogP contribution in [0.2, 0.25) is 0 Å². The molecule has 0 bridgehead atoms. The molecule has 0 aliphatic rings. The van der Waals surface area contributed by atoms with Crippen molar-refractivity contribution in [3.63, 3.8) is 0 Å². The molecule has 3 rings (SSSR count). The van der Waals surface area contributed by atoms with Crippen molar-refractivity contribution in [3.05, 3.63) is 64.3 Å². The van der Waals surface area contributed by atoms with E-state index in [9.17, 15) is 4.79 Å². The zero-order valence-electron chi connectivity index (χ0n) is 15.5. The second kappa shape index (κ2) is 9.23. The van der Waals surface area contributed by atoms with Crippen molar-refractivity contribution in [2.75, 3.05) is 23.7 Å². The van der Waals surface area contributed by atoms with Gasteiger partial charge in [-0.3, -0.25) is 9.78 Å². The summed E-state index contributed by atoms with van der Waals surface area (Å²) < 4.78 is 0.762. The zero-order valence-corrected chi connectivity index (χ0v) is 17.1. The number of halogens is 1. The van der Waals surface area contributed by atoms with Crippen LogP contribution < -0.4 is 16.0 Å². The molecule has 0 saturated heterocycles. The van der Waals surface area contributed by atoms with Crippen LogP contribution in [0.4, 0.5) is 17.5 Å². The van der Waals surface area contributed by atoms with Crippen LogP contribution in [0.5, 0.6) is 0 Å². The number of hydrogen-bond donors (Lipinski definition) is 3. The molecule has 0 aliphatic carbocycles. The Labute approximate surface area is 171 Å². The smallest absolute Gasteiger partial charge is 0.252 e. The summed E-state index contributed by atoms with van der Waals surface area (Å²) in [4.78, 5) is 29.1. The molecule has 0 saturated carbocycles. The predicted octanol–water partition coefficient (Wildman–Crippen LogP) is 3.23. The average Bonchev–Trinajstić information content (AvgIpc) is 2.64. The van der Waals surface area contributed by atoms with Crippen LogP contribution in [0.15, 0.2) is 47.3 Å². The Hall–Kier alpha value is -3.07. The monoisotopic (exact) mass is 441 g/mol. The van der Waals surface area contributed by atoms with Crippen LogP contribution in [-0.4, -0.2) is 38.9 Å². The van der Waals surface area contributed by atoms with Crippen LogP contribution >= 0.6 is 15.9 Å². The average molecular weight is 442 g/mol. The van der Waals surface area contributed by atoms with E-state index in [1.807, 2.05) is 26.0 Å². The molecule has 28 heavy (non-hydrogen) atoms. The van der Waals surface area contributed by atoms with Gasteiger partial charge in [0.1, 0.15) is 23.3 Å². The number of nitrogens with one attached hydrogen (secondary N) is 3. The lowest BCUT2D eigenvalue weighted by atomic mass is 10.3. The summed E-state index contributed by atoms with van der Waals surface area (Å²) in [6, 6.07) is 7.40. The quantitative estimate of drug-likeness (QED) is 0.483. The van der Waals surface area contributed by atoms with E-state index < -0.39 is 0 Å². The molecule has 0 aliphatic heterocycles. The van der Waals surface area contributed by atoms with E-state index in [4.69, 9.17) is 0 Å². The first-order valence-electron chi connectivity index (χ1n) is 8.67. The van der Waals surface area contributed by atoms with Gasteiger partial charge in [0.25, 0.3) is 5.91 Å². The molecule has 0 aromatic carbocycles. The van der Waals surface area contributed by atoms with E-state index in [2.05, 4.69) is 51.8 Å². The van der Waals surface area contributed by atoms with Gasteiger partial charge in [-0.1, -0.05) is 0 Å². The third-order valence-corrected chi connectivity index (χ3v) is 4.13. The number of pyridine rings is 2. The summed E-state index contributed by atoms with van der Waals surface area (Å²) in [5.74, 6) is 2.49. The van der Waals surface area contributed by atoms with Gasteiger partial charge in [-0.2, -0.15) is 0 Å². The van der Waals surface area contributed by atoms with E-state index in [0.29, 0.717) is 36.1 Å². The highest BCUT2D eigenvalue weighted by atomic mass is 79.9. The van der Waals surface area contributed by atoms with Gasteiger partial charge in [-0.15, -0.1) is 0 Å². The second-order valence-corrected chi connectivity index (χ2v) is 7.02. The fourth-order valence-electron chi connectivity index (χ4n) is 2.46. The summed E-state index contributed by atoms with van der Waals surface area (Å²) in [6.45, 7) is 4.79. The minimum Gasteiger partial charge on any atom is -0.368 e. The highest BCUT2D eigenvalue weighted by Gasteiger charge is 2.06. The molecular weight excluding hydrogens is 422 g/mol. The van der Waals surface area contributed by atoms with Crippen LogP contribution in [0, 0.1) is 13.8 Å². The summed E-state index contributed by atoms with van der Waals surface area (Å²) in [6.07, 6.45) is 4.90. The van der Waals surface area contributed by atoms with Gasteiger partial charge in [0.2, 0.25) is 0 Å². The van der Waals surface area contributed by atoms with Crippen LogP contribution in [0.3, 0.4) is 0 Å². The van der Waals surface area contributed by atoms with Gasteiger partial charge in [0.15, 0.2) is 0 Å². The number of hydrogen-bond acceptors (Lipinski definition) is 7. The molecule has 144 valence electrons. The van der Waals surface area contributed by atoms with E-state index in [0.717, 1.165) is 15.9 Å². The molecule has 0 spiro atoms. The minimum atomic E-state index is -0.178. The van der Waals surface area contributed by atoms with E-state index in [1.165, 1.54) is 6.20 Å². The second-order valence-electron chi connectivity index (χ2n) is 6.10. The lowest BCUT2D eigenvalue weighted by Crippen LogP contribution is -2.29. The fourth-order valence-corrected chi connectivity index (χ4v) is 2.83. The maximum atomic E-state index is 12.1. The number of rotatable bonds is 7. The molecule has 0 radical (unpaired) electrons. The molecule has 1 amide bonds. The number of amides is 1. The highest BCUT2D eigenvalue weighted by molar-refractivity contribution is 9.10. The van der Waals surface area contributed by atoms with Gasteiger partial charge >= 0.3 is 0 Å². The molecule has 9 heteroatoms. The fraction of sp³-hybridized carbons (Fsp3) is 0.211. The summed E-state index contributed by atoms with van der Waals surface area (Å²) in [5, 5.41) is 9.21. The molecule has 3 aromatic heterocycles. The van der Waals surface area contributed by atoms with E-state index in [-0.39, 0.29) is 5.91 Å². The number of nitrogens with zero attached hydrogens (tertiary/aromatic N) is 4. The predicted molar refractivity (Wildman–Crippen MR) is 112 cm³/mol. The molecule has 0 atom stereocenters. The zero-order chi connectivity index (χ0) is 19.9. The number of anilines is 3. The van der Waals surface area contributed by atoms with Crippen molar-refractivity contribution in [2.45, 2.75) is 13.8 Å². The van der Waals surface area contributed by atoms with Crippen molar-refractivity contribution < 1.29 is 4.79 Å². The maximum absolute atomic E-state index is 12.1. The maximum Gasteiger partial charge on any atom is 0.252 e. The van der Waals surface area contributed by atoms with E-state index >= 15 is 0 Å². The summed E-state index contributed by atoms with van der Waals surface area (Å²) in [7, 11) is 0. The number of aromatic nitrogens is 4. The van der Waals surface area contributed by atoms with Crippen molar-refractivity contribution in [3.8, 4) is 0 Å². The third kappa shape index (κ3) is 5.71. The SMILES string of the molecule is Cc1ccnc(Nc2cc(NCCNC(=O)c3cncc(Br)c3)nc(C)n2)c1. The summed E-state index contributed by atoms with van der Waals surface area (Å²) in [5.41, 5.74) is 1.61. The summed E-state index contributed by atoms with van der Waals surface area (Å²) >= 11 is 3.30. The molecule has 8 nitrogen and oxygen atoms in total. The molecule has 3 aromatic rings. The number of carbonyl (C=O) groups excluding carboxylic acids is 1. The van der Waals surface area contributed by atoms with Gasteiger partial charge in [-0.05, 0) is 53.5 Å². The Kier molecular flexibility index (Phi) is 6.49. The third-order valence-electron chi connectivity index (χ3n) is 3.69. The number of aryl methyl sites for hydroxylation is 2. The standard InChI is InChI=1S/C19H20BrN7O/c1-12-3-4-22-16(7-12)27-18-9-17(25-13(2)26-18)23-5-6-24-19(28)14-8-15(20)11-21-10-14/h3-4,7-11H,5-6H2,1-2H3,(H,24,28)(H2,22,23,25,26,27). The van der Waals surface area contributed by atoms with Gasteiger partial charge in [0.05, 0.1) is 5.56 Å². The lowest BCUT2D eigenvalue weighted by molar-refractivity contribution is 0.0954. The first kappa shape index (κ1) is 19.7. The van der Waals surface area contributed by atoms with Crippen molar-refractivity contribution in [1.82, 2.24) is 25.3 Å². The van der Waals surface area contributed by atoms with Gasteiger partial charge in [-0.25, -0.2) is 15.0 Å². The molecule has 0 unspecified atom stereocenters. The minimum absolute atomic E-state index is 0.178. The van der Waals surface area contributed by atoms with Gasteiger partial charge in [0, 0.05) is 42.2 Å². The van der Waals surface area contributed by atoms with Gasteiger partial charge < -0.3 is 16.0 Å². The molecule has 3 heterocycles. The first-order chi connectivity index (χ1) is 13.5. The van der Waals surface area contributed by atoms with Crippen molar-refractivity contribution in [1.29, 1.82) is 0 Å². The normalized spacial score (nSPS) is 10.4. The number of carbonyl (C=O) groups is 1. The first-order valence-corrected chi connectivity index (χ1v) is 9.47. The molecule has 0 fully saturated rings. The Morgan fingerprint density at radius 3 is 2.64 bits per heavy atom. The Balaban J connectivity index is 1.54. The molecular formula is C19H20BrN7O. The van der Waals surface area contributed by atoms with Crippen molar-refractivity contribution >= 4 is 39.3 Å². The lowest BCUT2D eigenvalue weighted by Gasteiger charge is -2.11. The van der Waals surface area contributed by atoms with Crippen LogP contribution in [0.1, 0.15) is 21.7 Å². The Morgan fingerprint density at radius 2 is 1.86 bits per heavy atom. The van der Waals surface area contributed by atoms with Crippen molar-refractivity contribution in [2.24, 2.45) is 0 Å². The van der Waals surface area contributed by atoms with Crippen LogP contribution in [0.25, 0.3) is 0 Å². The Morgan fingerprint density at radius 1 is 1.04 bits per heavy atom. The molecule has 3 N–H and O–H groups in total. The van der Waals surface area contributed by atoms with Crippen LogP contribution in [-0.2, 0) is 0 Å². The largest absolute Gasteiger partial charge is 0.368 e. The topological polar surface area (TPSA) is 105 Å².